The van der Waals surface area contributed by atoms with Crippen molar-refractivity contribution in [3.05, 3.63) is 33.3 Å². The Morgan fingerprint density at radius 1 is 1.53 bits per heavy atom. The van der Waals surface area contributed by atoms with E-state index in [1.807, 2.05) is 0 Å². The fourth-order valence-electron chi connectivity index (χ4n) is 1.17. The van der Waals surface area contributed by atoms with E-state index in [9.17, 15) is 14.9 Å². The average molecular weight is 258 g/mol. The maximum Gasteiger partial charge on any atom is 0.271 e. The molecule has 17 heavy (non-hydrogen) atoms. The summed E-state index contributed by atoms with van der Waals surface area (Å²) in [5.74, 6) is -0.199. The molecule has 2 N–H and O–H groups in total. The van der Waals surface area contributed by atoms with Crippen molar-refractivity contribution in [2.24, 2.45) is 0 Å². The Hall–Kier alpha value is -1.66. The Labute approximate surface area is 103 Å². The van der Waals surface area contributed by atoms with Gasteiger partial charge in [-0.3, -0.25) is 14.9 Å². The standard InChI is InChI=1S/C10H12ClN3O3/c1-12-5-4-10(15)13-9-3-2-7(14(16)17)6-8(9)11/h2-3,6,12H,4-5H2,1H3,(H,13,15). The molecule has 0 spiro atoms. The molecule has 6 nitrogen and oxygen atoms in total. The SMILES string of the molecule is CNCCC(=O)Nc1ccc([N+](=O)[O-])cc1Cl. The zero-order valence-corrected chi connectivity index (χ0v) is 9.95. The van der Waals surface area contributed by atoms with Gasteiger partial charge in [-0.05, 0) is 13.1 Å². The van der Waals surface area contributed by atoms with Gasteiger partial charge in [0, 0.05) is 25.1 Å². The number of nitrogens with zero attached hydrogens (tertiary/aromatic N) is 1. The van der Waals surface area contributed by atoms with Crippen molar-refractivity contribution in [1.82, 2.24) is 5.32 Å². The maximum atomic E-state index is 11.4. The number of anilines is 1. The number of nitro benzene ring substituents is 1. The molecule has 0 fully saturated rings. The molecule has 0 heterocycles. The van der Waals surface area contributed by atoms with E-state index in [4.69, 9.17) is 11.6 Å². The van der Waals surface area contributed by atoms with Crippen molar-refractivity contribution in [1.29, 1.82) is 0 Å². The molecule has 0 radical (unpaired) electrons. The number of nitrogens with one attached hydrogen (secondary N) is 2. The van der Waals surface area contributed by atoms with Crippen LogP contribution >= 0.6 is 11.6 Å². The molecule has 92 valence electrons. The Kier molecular flexibility index (Phi) is 4.86. The third-order valence-electron chi connectivity index (χ3n) is 2.04. The summed E-state index contributed by atoms with van der Waals surface area (Å²) in [6, 6.07) is 3.91. The van der Waals surface area contributed by atoms with Crippen LogP contribution in [0.5, 0.6) is 0 Å². The number of amides is 1. The Morgan fingerprint density at radius 2 is 2.24 bits per heavy atom. The van der Waals surface area contributed by atoms with Gasteiger partial charge in [0.05, 0.1) is 15.6 Å². The highest BCUT2D eigenvalue weighted by molar-refractivity contribution is 6.33. The van der Waals surface area contributed by atoms with E-state index in [1.165, 1.54) is 18.2 Å². The smallest absolute Gasteiger partial charge is 0.271 e. The van der Waals surface area contributed by atoms with Crippen LogP contribution < -0.4 is 10.6 Å². The molecule has 0 saturated carbocycles. The lowest BCUT2D eigenvalue weighted by molar-refractivity contribution is -0.384. The molecule has 7 heteroatoms. The molecule has 0 bridgehead atoms. The minimum absolute atomic E-state index is 0.108. The topological polar surface area (TPSA) is 84.3 Å². The quantitative estimate of drug-likeness (QED) is 0.622. The van der Waals surface area contributed by atoms with Crippen LogP contribution in [0.4, 0.5) is 11.4 Å². The van der Waals surface area contributed by atoms with Crippen LogP contribution in [0.25, 0.3) is 0 Å². The Morgan fingerprint density at radius 3 is 2.76 bits per heavy atom. The summed E-state index contributed by atoms with van der Waals surface area (Å²) >= 11 is 5.82. The lowest BCUT2D eigenvalue weighted by Crippen LogP contribution is -2.18. The third-order valence-corrected chi connectivity index (χ3v) is 2.35. The average Bonchev–Trinajstić information content (AvgIpc) is 2.28. The van der Waals surface area contributed by atoms with Gasteiger partial charge in [-0.1, -0.05) is 11.6 Å². The number of carbonyl (C=O) groups excluding carboxylic acids is 1. The normalized spacial score (nSPS) is 10.0. The fourth-order valence-corrected chi connectivity index (χ4v) is 1.39. The van der Waals surface area contributed by atoms with E-state index in [-0.39, 0.29) is 16.6 Å². The number of rotatable bonds is 5. The van der Waals surface area contributed by atoms with Gasteiger partial charge in [-0.2, -0.15) is 0 Å². The van der Waals surface area contributed by atoms with Crippen molar-refractivity contribution in [3.63, 3.8) is 0 Å². The van der Waals surface area contributed by atoms with E-state index >= 15 is 0 Å². The van der Waals surface area contributed by atoms with Gasteiger partial charge in [0.1, 0.15) is 0 Å². The molecule has 0 aromatic heterocycles. The Balaban J connectivity index is 2.72. The molecule has 1 amide bonds. The molecule has 1 aromatic rings. The zero-order chi connectivity index (χ0) is 12.8. The minimum atomic E-state index is -0.543. The van der Waals surface area contributed by atoms with E-state index in [0.717, 1.165) is 0 Å². The van der Waals surface area contributed by atoms with Crippen molar-refractivity contribution in [2.45, 2.75) is 6.42 Å². The number of carbonyl (C=O) groups is 1. The van der Waals surface area contributed by atoms with Gasteiger partial charge in [0.25, 0.3) is 5.69 Å². The van der Waals surface area contributed by atoms with E-state index in [1.54, 1.807) is 7.05 Å². The first-order valence-electron chi connectivity index (χ1n) is 4.93. The third kappa shape index (κ3) is 4.01. The van der Waals surface area contributed by atoms with Crippen LogP contribution in [0.2, 0.25) is 5.02 Å². The van der Waals surface area contributed by atoms with Crippen LogP contribution in [-0.4, -0.2) is 24.4 Å². The van der Waals surface area contributed by atoms with Crippen LogP contribution in [-0.2, 0) is 4.79 Å². The summed E-state index contributed by atoms with van der Waals surface area (Å²) in [4.78, 5) is 21.3. The van der Waals surface area contributed by atoms with Crippen molar-refractivity contribution in [2.75, 3.05) is 18.9 Å². The van der Waals surface area contributed by atoms with E-state index in [2.05, 4.69) is 10.6 Å². The summed E-state index contributed by atoms with van der Waals surface area (Å²) < 4.78 is 0. The highest BCUT2D eigenvalue weighted by Crippen LogP contribution is 2.26. The van der Waals surface area contributed by atoms with Gasteiger partial charge < -0.3 is 10.6 Å². The van der Waals surface area contributed by atoms with Gasteiger partial charge >= 0.3 is 0 Å². The number of hydrogen-bond acceptors (Lipinski definition) is 4. The predicted molar refractivity (Wildman–Crippen MR) is 65.3 cm³/mol. The lowest BCUT2D eigenvalue weighted by Gasteiger charge is -2.06. The van der Waals surface area contributed by atoms with Crippen LogP contribution in [0, 0.1) is 10.1 Å². The second kappa shape index (κ2) is 6.17. The maximum absolute atomic E-state index is 11.4. The Bertz CT molecular complexity index is 437. The van der Waals surface area contributed by atoms with E-state index in [0.29, 0.717) is 18.7 Å². The number of non-ortho nitro benzene ring substituents is 1. The van der Waals surface area contributed by atoms with Crippen molar-refractivity contribution < 1.29 is 9.72 Å². The lowest BCUT2D eigenvalue weighted by atomic mass is 10.2. The van der Waals surface area contributed by atoms with Crippen LogP contribution in [0.3, 0.4) is 0 Å². The highest BCUT2D eigenvalue weighted by atomic mass is 35.5. The van der Waals surface area contributed by atoms with Gasteiger partial charge in [0.15, 0.2) is 0 Å². The minimum Gasteiger partial charge on any atom is -0.325 e. The number of hydrogen-bond donors (Lipinski definition) is 2. The number of halogens is 1. The molecule has 0 saturated heterocycles. The molecule has 1 aromatic carbocycles. The monoisotopic (exact) mass is 257 g/mol. The molecule has 1 rings (SSSR count). The number of nitro groups is 1. The zero-order valence-electron chi connectivity index (χ0n) is 9.20. The molecule has 0 unspecified atom stereocenters. The second-order valence-corrected chi connectivity index (χ2v) is 3.73. The first-order valence-corrected chi connectivity index (χ1v) is 5.30. The highest BCUT2D eigenvalue weighted by Gasteiger charge is 2.11. The van der Waals surface area contributed by atoms with Gasteiger partial charge in [0.2, 0.25) is 5.91 Å². The largest absolute Gasteiger partial charge is 0.325 e. The summed E-state index contributed by atoms with van der Waals surface area (Å²) in [7, 11) is 1.74. The summed E-state index contributed by atoms with van der Waals surface area (Å²) in [6.07, 6.45) is 0.309. The summed E-state index contributed by atoms with van der Waals surface area (Å²) in [6.45, 7) is 0.552. The molecular weight excluding hydrogens is 246 g/mol. The van der Waals surface area contributed by atoms with Crippen LogP contribution in [0.1, 0.15) is 6.42 Å². The molecule has 0 atom stereocenters. The molecular formula is C10H12ClN3O3. The second-order valence-electron chi connectivity index (χ2n) is 3.32. The summed E-state index contributed by atoms with van der Waals surface area (Å²) in [5, 5.41) is 16.0. The van der Waals surface area contributed by atoms with Crippen molar-refractivity contribution in [3.8, 4) is 0 Å². The van der Waals surface area contributed by atoms with Crippen molar-refractivity contribution >= 4 is 28.9 Å². The predicted octanol–water partition coefficient (Wildman–Crippen LogP) is 1.80. The molecule has 0 aliphatic rings. The van der Waals surface area contributed by atoms with E-state index < -0.39 is 4.92 Å². The number of benzene rings is 1. The van der Waals surface area contributed by atoms with Gasteiger partial charge in [-0.15, -0.1) is 0 Å². The molecule has 0 aliphatic heterocycles. The van der Waals surface area contributed by atoms with Gasteiger partial charge in [-0.25, -0.2) is 0 Å². The first kappa shape index (κ1) is 13.4. The first-order chi connectivity index (χ1) is 8.04. The molecule has 0 aliphatic carbocycles. The fraction of sp³-hybridized carbons (Fsp3) is 0.300. The summed E-state index contributed by atoms with van der Waals surface area (Å²) in [5.41, 5.74) is 0.265. The van der Waals surface area contributed by atoms with Crippen LogP contribution in [0.15, 0.2) is 18.2 Å².